The molecule has 0 fully saturated rings. The Morgan fingerprint density at radius 1 is 1.37 bits per heavy atom. The first kappa shape index (κ1) is 14.5. The van der Waals surface area contributed by atoms with E-state index in [9.17, 15) is 4.79 Å². The van der Waals surface area contributed by atoms with Crippen molar-refractivity contribution >= 4 is 43.3 Å². The van der Waals surface area contributed by atoms with E-state index in [1.54, 1.807) is 11.3 Å². The highest BCUT2D eigenvalue weighted by molar-refractivity contribution is 9.09. The molecule has 1 N–H and O–H groups in total. The number of benzene rings is 1. The fourth-order valence-corrected chi connectivity index (χ4v) is 3.93. The molecular weight excluding hydrogens is 322 g/mol. The predicted molar refractivity (Wildman–Crippen MR) is 86.4 cm³/mol. The number of alkyl halides is 1. The number of halogens is 1. The molecule has 1 aromatic heterocycles. The van der Waals surface area contributed by atoms with E-state index >= 15 is 0 Å². The Balaban J connectivity index is 2.08. The maximum Gasteiger partial charge on any atom is 0.252 e. The number of fused-ring (bicyclic) bond motifs is 1. The van der Waals surface area contributed by atoms with Crippen molar-refractivity contribution in [3.05, 3.63) is 35.2 Å². The molecule has 1 amide bonds. The van der Waals surface area contributed by atoms with E-state index in [4.69, 9.17) is 0 Å². The van der Waals surface area contributed by atoms with Crippen molar-refractivity contribution in [1.82, 2.24) is 5.32 Å². The molecule has 4 heteroatoms. The minimum atomic E-state index is 0.0279. The Kier molecular flexibility index (Phi) is 4.63. The van der Waals surface area contributed by atoms with Crippen LogP contribution in [0.4, 0.5) is 0 Å². The normalized spacial score (nSPS) is 11.7. The van der Waals surface area contributed by atoms with E-state index in [0.29, 0.717) is 6.54 Å². The van der Waals surface area contributed by atoms with Crippen LogP contribution >= 0.6 is 27.3 Å². The zero-order valence-electron chi connectivity index (χ0n) is 11.2. The highest BCUT2D eigenvalue weighted by Gasteiger charge is 2.19. The van der Waals surface area contributed by atoms with Gasteiger partial charge in [0.1, 0.15) is 0 Å². The summed E-state index contributed by atoms with van der Waals surface area (Å²) in [7, 11) is 0. The van der Waals surface area contributed by atoms with Gasteiger partial charge in [0.05, 0.1) is 5.56 Å². The Morgan fingerprint density at radius 2 is 2.11 bits per heavy atom. The first-order valence-corrected chi connectivity index (χ1v) is 8.34. The van der Waals surface area contributed by atoms with Gasteiger partial charge in [-0.15, -0.1) is 11.3 Å². The molecular formula is C15H18BrNOS. The SMILES string of the molecule is CC(C)(CCBr)CNC(=O)c1csc2ccccc12. The lowest BCUT2D eigenvalue weighted by atomic mass is 9.90. The molecule has 0 bridgehead atoms. The summed E-state index contributed by atoms with van der Waals surface area (Å²) in [6.45, 7) is 5.03. The highest BCUT2D eigenvalue weighted by atomic mass is 79.9. The van der Waals surface area contributed by atoms with Crippen LogP contribution in [0.3, 0.4) is 0 Å². The molecule has 19 heavy (non-hydrogen) atoms. The number of nitrogens with one attached hydrogen (secondary N) is 1. The molecule has 0 aliphatic rings. The van der Waals surface area contributed by atoms with Gasteiger partial charge < -0.3 is 5.32 Å². The van der Waals surface area contributed by atoms with Crippen molar-refractivity contribution in [3.63, 3.8) is 0 Å². The summed E-state index contributed by atoms with van der Waals surface area (Å²) in [5, 5.41) is 6.99. The second-order valence-corrected chi connectivity index (χ2v) is 7.14. The minimum absolute atomic E-state index is 0.0279. The standard InChI is InChI=1S/C15H18BrNOS/c1-15(2,7-8-16)10-17-14(18)12-9-19-13-6-4-3-5-11(12)13/h3-6,9H,7-8,10H2,1-2H3,(H,17,18). The van der Waals surface area contributed by atoms with E-state index < -0.39 is 0 Å². The topological polar surface area (TPSA) is 29.1 Å². The summed E-state index contributed by atoms with van der Waals surface area (Å²) in [5.41, 5.74) is 0.903. The van der Waals surface area contributed by atoms with E-state index in [1.165, 1.54) is 0 Å². The van der Waals surface area contributed by atoms with Crippen LogP contribution in [0.5, 0.6) is 0 Å². The number of hydrogen-bond donors (Lipinski definition) is 1. The lowest BCUT2D eigenvalue weighted by molar-refractivity contribution is 0.0938. The van der Waals surface area contributed by atoms with Gasteiger partial charge >= 0.3 is 0 Å². The molecule has 2 nitrogen and oxygen atoms in total. The fourth-order valence-electron chi connectivity index (χ4n) is 1.91. The summed E-state index contributed by atoms with van der Waals surface area (Å²) in [6.07, 6.45) is 1.04. The molecule has 102 valence electrons. The van der Waals surface area contributed by atoms with Crippen LogP contribution < -0.4 is 5.32 Å². The summed E-state index contributed by atoms with van der Waals surface area (Å²) >= 11 is 5.07. The van der Waals surface area contributed by atoms with Crippen LogP contribution in [0.25, 0.3) is 10.1 Å². The van der Waals surface area contributed by atoms with Gasteiger partial charge in [0.2, 0.25) is 0 Å². The van der Waals surface area contributed by atoms with Gasteiger partial charge in [-0.3, -0.25) is 4.79 Å². The van der Waals surface area contributed by atoms with Gasteiger partial charge in [-0.25, -0.2) is 0 Å². The third-order valence-corrected chi connectivity index (χ3v) is 4.58. The van der Waals surface area contributed by atoms with E-state index in [-0.39, 0.29) is 11.3 Å². The van der Waals surface area contributed by atoms with Crippen molar-refractivity contribution in [3.8, 4) is 0 Å². The van der Waals surface area contributed by atoms with Crippen LogP contribution in [0.15, 0.2) is 29.6 Å². The van der Waals surface area contributed by atoms with Crippen LogP contribution in [-0.4, -0.2) is 17.8 Å². The smallest absolute Gasteiger partial charge is 0.252 e. The molecule has 0 saturated heterocycles. The van der Waals surface area contributed by atoms with E-state index in [0.717, 1.165) is 27.4 Å². The average Bonchev–Trinajstić information content (AvgIpc) is 2.80. The van der Waals surface area contributed by atoms with E-state index in [1.807, 2.05) is 29.6 Å². The number of carbonyl (C=O) groups excluding carboxylic acids is 1. The molecule has 0 spiro atoms. The number of amides is 1. The van der Waals surface area contributed by atoms with Crippen molar-refractivity contribution in [2.75, 3.05) is 11.9 Å². The molecule has 0 saturated carbocycles. The molecule has 1 heterocycles. The van der Waals surface area contributed by atoms with Gasteiger partial charge in [-0.05, 0) is 17.9 Å². The summed E-state index contributed by atoms with van der Waals surface area (Å²) in [5.74, 6) is 0.0279. The Hall–Kier alpha value is -0.870. The third kappa shape index (κ3) is 3.57. The number of hydrogen-bond acceptors (Lipinski definition) is 2. The summed E-state index contributed by atoms with van der Waals surface area (Å²) < 4.78 is 1.16. The molecule has 0 radical (unpaired) electrons. The molecule has 0 atom stereocenters. The van der Waals surface area contributed by atoms with Crippen LogP contribution in [-0.2, 0) is 0 Å². The third-order valence-electron chi connectivity index (χ3n) is 3.22. The summed E-state index contributed by atoms with van der Waals surface area (Å²) in [6, 6.07) is 8.02. The monoisotopic (exact) mass is 339 g/mol. The lowest BCUT2D eigenvalue weighted by Crippen LogP contribution is -2.34. The average molecular weight is 340 g/mol. The van der Waals surface area contributed by atoms with Crippen molar-refractivity contribution in [2.24, 2.45) is 5.41 Å². The van der Waals surface area contributed by atoms with Gasteiger partial charge in [0, 0.05) is 27.3 Å². The van der Waals surface area contributed by atoms with Gasteiger partial charge in [-0.2, -0.15) is 0 Å². The zero-order valence-corrected chi connectivity index (χ0v) is 13.6. The van der Waals surface area contributed by atoms with Crippen LogP contribution in [0, 0.1) is 5.41 Å². The molecule has 2 rings (SSSR count). The second kappa shape index (κ2) is 6.06. The zero-order chi connectivity index (χ0) is 13.9. The lowest BCUT2D eigenvalue weighted by Gasteiger charge is -2.23. The second-order valence-electron chi connectivity index (χ2n) is 5.43. The van der Waals surface area contributed by atoms with Gasteiger partial charge in [0.25, 0.3) is 5.91 Å². The summed E-state index contributed by atoms with van der Waals surface area (Å²) in [4.78, 5) is 12.3. The Bertz CT molecular complexity index is 576. The first-order chi connectivity index (χ1) is 9.03. The molecule has 2 aromatic rings. The largest absolute Gasteiger partial charge is 0.351 e. The predicted octanol–water partition coefficient (Wildman–Crippen LogP) is 4.44. The van der Waals surface area contributed by atoms with Crippen molar-refractivity contribution in [1.29, 1.82) is 0 Å². The molecule has 0 aliphatic heterocycles. The Labute approximate surface area is 126 Å². The highest BCUT2D eigenvalue weighted by Crippen LogP contribution is 2.26. The minimum Gasteiger partial charge on any atom is -0.351 e. The molecule has 0 aliphatic carbocycles. The van der Waals surface area contributed by atoms with Gasteiger partial charge in [-0.1, -0.05) is 48.0 Å². The first-order valence-electron chi connectivity index (χ1n) is 6.34. The van der Waals surface area contributed by atoms with E-state index in [2.05, 4.69) is 35.1 Å². The number of carbonyl (C=O) groups is 1. The molecule has 1 aromatic carbocycles. The van der Waals surface area contributed by atoms with Crippen LogP contribution in [0.1, 0.15) is 30.6 Å². The number of thiophene rings is 1. The molecule has 0 unspecified atom stereocenters. The van der Waals surface area contributed by atoms with Crippen molar-refractivity contribution < 1.29 is 4.79 Å². The fraction of sp³-hybridized carbons (Fsp3) is 0.400. The maximum absolute atomic E-state index is 12.3. The Morgan fingerprint density at radius 3 is 2.84 bits per heavy atom. The quantitative estimate of drug-likeness (QED) is 0.801. The van der Waals surface area contributed by atoms with Crippen LogP contribution in [0.2, 0.25) is 0 Å². The number of rotatable bonds is 5. The van der Waals surface area contributed by atoms with Crippen molar-refractivity contribution in [2.45, 2.75) is 20.3 Å². The maximum atomic E-state index is 12.3. The van der Waals surface area contributed by atoms with Gasteiger partial charge in [0.15, 0.2) is 0 Å².